The number of benzene rings is 2. The van der Waals surface area contributed by atoms with Crippen LogP contribution in [0.25, 0.3) is 0 Å². The van der Waals surface area contributed by atoms with Crippen molar-refractivity contribution >= 4 is 23.5 Å². The molecular weight excluding hydrogens is 438 g/mol. The average molecular weight is 468 g/mol. The van der Waals surface area contributed by atoms with Crippen LogP contribution in [0.5, 0.6) is 0 Å². The Kier molecular flexibility index (Phi) is 7.20. The molecule has 33 heavy (non-hydrogen) atoms. The summed E-state index contributed by atoms with van der Waals surface area (Å²) in [6.07, 6.45) is 9.20. The summed E-state index contributed by atoms with van der Waals surface area (Å²) in [5.41, 5.74) is 2.06. The van der Waals surface area contributed by atoms with Crippen molar-refractivity contribution in [2.75, 3.05) is 6.54 Å². The molecule has 1 aliphatic carbocycles. The van der Waals surface area contributed by atoms with Gasteiger partial charge in [0.2, 0.25) is 5.91 Å². The molecule has 1 saturated heterocycles. The first-order valence-electron chi connectivity index (χ1n) is 11.6. The van der Waals surface area contributed by atoms with Crippen LogP contribution in [0.1, 0.15) is 60.0 Å². The van der Waals surface area contributed by atoms with E-state index in [0.717, 1.165) is 43.2 Å². The Hall–Kier alpha value is -2.63. The highest BCUT2D eigenvalue weighted by Crippen LogP contribution is 2.44. The second-order valence-corrected chi connectivity index (χ2v) is 9.58. The molecule has 0 spiro atoms. The van der Waals surface area contributed by atoms with E-state index in [1.165, 1.54) is 0 Å². The predicted octanol–water partition coefficient (Wildman–Crippen LogP) is 5.00. The lowest BCUT2D eigenvalue weighted by molar-refractivity contribution is -0.128. The minimum Gasteiger partial charge on any atom is -0.478 e. The van der Waals surface area contributed by atoms with Gasteiger partial charge in [-0.25, -0.2) is 4.79 Å². The van der Waals surface area contributed by atoms with Crippen molar-refractivity contribution in [3.8, 4) is 0 Å². The van der Waals surface area contributed by atoms with Gasteiger partial charge in [0.15, 0.2) is 0 Å². The van der Waals surface area contributed by atoms with Crippen LogP contribution in [0, 0.1) is 0 Å². The molecule has 0 radical (unpaired) electrons. The normalized spacial score (nSPS) is 21.1. The largest absolute Gasteiger partial charge is 0.478 e. The third-order valence-electron chi connectivity index (χ3n) is 7.21. The number of likely N-dealkylation sites (tertiary alicyclic amines) is 1. The number of rotatable bonds is 8. The number of amides is 1. The zero-order chi connectivity index (χ0) is 23.4. The molecule has 6 heteroatoms. The van der Waals surface area contributed by atoms with Crippen LogP contribution >= 0.6 is 11.6 Å². The topological polar surface area (TPSA) is 77.8 Å². The molecule has 174 valence electrons. The van der Waals surface area contributed by atoms with Gasteiger partial charge in [-0.2, -0.15) is 0 Å². The predicted molar refractivity (Wildman–Crippen MR) is 129 cm³/mol. The fraction of sp³-hybridized carbons (Fsp3) is 0.407. The van der Waals surface area contributed by atoms with Crippen molar-refractivity contribution in [2.45, 2.75) is 62.5 Å². The van der Waals surface area contributed by atoms with Gasteiger partial charge in [-0.15, -0.1) is 0 Å². The summed E-state index contributed by atoms with van der Waals surface area (Å²) < 4.78 is 0. The van der Waals surface area contributed by atoms with Crippen molar-refractivity contribution in [1.82, 2.24) is 4.90 Å². The fourth-order valence-corrected chi connectivity index (χ4v) is 5.40. The molecule has 2 N–H and O–H groups in total. The third kappa shape index (κ3) is 5.15. The number of carbonyl (C=O) groups excluding carboxylic acids is 1. The van der Waals surface area contributed by atoms with Gasteiger partial charge < -0.3 is 15.1 Å². The van der Waals surface area contributed by atoms with Crippen LogP contribution in [0.15, 0.2) is 60.7 Å². The molecule has 0 aromatic heterocycles. The lowest BCUT2D eigenvalue weighted by Crippen LogP contribution is -2.37. The molecule has 4 rings (SSSR count). The van der Waals surface area contributed by atoms with E-state index in [2.05, 4.69) is 0 Å². The summed E-state index contributed by atoms with van der Waals surface area (Å²) in [5, 5.41) is 21.0. The Labute approximate surface area is 199 Å². The number of hydrogen-bond donors (Lipinski definition) is 2. The van der Waals surface area contributed by atoms with Gasteiger partial charge >= 0.3 is 5.97 Å². The Bertz CT molecular complexity index is 1010. The fourth-order valence-electron chi connectivity index (χ4n) is 5.27. The number of hydrogen-bond acceptors (Lipinski definition) is 3. The number of aliphatic hydroxyl groups excluding tert-OH is 1. The third-order valence-corrected chi connectivity index (χ3v) is 7.47. The maximum absolute atomic E-state index is 12.5. The van der Waals surface area contributed by atoms with E-state index in [9.17, 15) is 14.7 Å². The van der Waals surface area contributed by atoms with Crippen molar-refractivity contribution in [3.05, 3.63) is 82.4 Å². The lowest BCUT2D eigenvalue weighted by atomic mass is 9.74. The van der Waals surface area contributed by atoms with Gasteiger partial charge in [0, 0.05) is 23.4 Å². The zero-order valence-electron chi connectivity index (χ0n) is 18.6. The summed E-state index contributed by atoms with van der Waals surface area (Å²) in [4.78, 5) is 25.4. The van der Waals surface area contributed by atoms with Gasteiger partial charge in [-0.1, -0.05) is 60.9 Å². The maximum Gasteiger partial charge on any atom is 0.335 e. The van der Waals surface area contributed by atoms with Crippen LogP contribution in [-0.4, -0.2) is 45.7 Å². The highest BCUT2D eigenvalue weighted by atomic mass is 35.5. The molecule has 2 aromatic carbocycles. The second-order valence-electron chi connectivity index (χ2n) is 9.15. The molecule has 1 heterocycles. The van der Waals surface area contributed by atoms with E-state index in [0.29, 0.717) is 24.4 Å². The minimum absolute atomic E-state index is 0.0332. The molecule has 2 unspecified atom stereocenters. The molecule has 1 aliphatic heterocycles. The van der Waals surface area contributed by atoms with E-state index >= 15 is 0 Å². The maximum atomic E-state index is 12.5. The smallest absolute Gasteiger partial charge is 0.335 e. The van der Waals surface area contributed by atoms with Gasteiger partial charge in [0.1, 0.15) is 0 Å². The summed E-state index contributed by atoms with van der Waals surface area (Å²) in [5.74, 6) is -0.826. The highest BCUT2D eigenvalue weighted by Gasteiger charge is 2.41. The van der Waals surface area contributed by atoms with Crippen LogP contribution in [-0.2, 0) is 16.6 Å². The van der Waals surface area contributed by atoms with Crippen LogP contribution in [0.4, 0.5) is 0 Å². The van der Waals surface area contributed by atoms with Crippen molar-refractivity contribution in [1.29, 1.82) is 0 Å². The van der Waals surface area contributed by atoms with Gasteiger partial charge in [-0.05, 0) is 61.1 Å². The molecule has 1 saturated carbocycles. The van der Waals surface area contributed by atoms with Crippen LogP contribution < -0.4 is 0 Å². The first-order chi connectivity index (χ1) is 15.9. The molecule has 2 atom stereocenters. The number of carboxylic acid groups (broad SMARTS) is 1. The van der Waals surface area contributed by atoms with E-state index < -0.39 is 12.1 Å². The number of nitrogens with zero attached hydrogens (tertiary/aromatic N) is 1. The first-order valence-corrected chi connectivity index (χ1v) is 12.0. The number of aromatic carboxylic acids is 1. The van der Waals surface area contributed by atoms with E-state index in [4.69, 9.17) is 16.7 Å². The Morgan fingerprint density at radius 2 is 1.79 bits per heavy atom. The molecular formula is C27H30ClNO4. The Balaban J connectivity index is 1.43. The Morgan fingerprint density at radius 3 is 2.42 bits per heavy atom. The van der Waals surface area contributed by atoms with Gasteiger partial charge in [-0.3, -0.25) is 4.79 Å². The molecule has 1 amide bonds. The van der Waals surface area contributed by atoms with Crippen molar-refractivity contribution < 1.29 is 19.8 Å². The summed E-state index contributed by atoms with van der Waals surface area (Å²) in [6, 6.07) is 14.6. The SMILES string of the molecule is O=C(O)c1ccc(CCN2C(=O)CCC2C=CC(O)C2(c3ccc(Cl)cc3)CCCC2)cc1. The summed E-state index contributed by atoms with van der Waals surface area (Å²) in [7, 11) is 0. The van der Waals surface area contributed by atoms with Crippen LogP contribution in [0.3, 0.4) is 0 Å². The molecule has 5 nitrogen and oxygen atoms in total. The minimum atomic E-state index is -0.946. The van der Waals surface area contributed by atoms with Crippen LogP contribution in [0.2, 0.25) is 5.02 Å². The highest BCUT2D eigenvalue weighted by molar-refractivity contribution is 6.30. The van der Waals surface area contributed by atoms with E-state index in [-0.39, 0.29) is 22.9 Å². The molecule has 0 bridgehead atoms. The second kappa shape index (κ2) is 10.1. The van der Waals surface area contributed by atoms with Crippen molar-refractivity contribution in [2.24, 2.45) is 0 Å². The molecule has 2 aliphatic rings. The average Bonchev–Trinajstić information content (AvgIpc) is 3.44. The number of halogens is 1. The standard InChI is InChI=1S/C27H30ClNO4/c28-22-9-7-21(8-10-22)27(16-1-2-17-27)24(30)13-11-23-12-14-25(31)29(23)18-15-19-3-5-20(6-4-19)26(32)33/h3-11,13,23-24,30H,1-2,12,14-18H2,(H,32,33). The molecule has 2 aromatic rings. The van der Waals surface area contributed by atoms with E-state index in [1.807, 2.05) is 41.3 Å². The lowest BCUT2D eigenvalue weighted by Gasteiger charge is -2.34. The van der Waals surface area contributed by atoms with Gasteiger partial charge in [0.25, 0.3) is 0 Å². The Morgan fingerprint density at radius 1 is 1.12 bits per heavy atom. The number of aliphatic hydroxyl groups is 1. The molecule has 2 fully saturated rings. The zero-order valence-corrected chi connectivity index (χ0v) is 19.4. The summed E-state index contributed by atoms with van der Waals surface area (Å²) >= 11 is 6.08. The van der Waals surface area contributed by atoms with E-state index in [1.54, 1.807) is 24.3 Å². The number of carboxylic acids is 1. The quantitative estimate of drug-likeness (QED) is 0.535. The van der Waals surface area contributed by atoms with Gasteiger partial charge in [0.05, 0.1) is 17.7 Å². The first kappa shape index (κ1) is 23.5. The number of carbonyl (C=O) groups is 2. The van der Waals surface area contributed by atoms with Crippen molar-refractivity contribution in [3.63, 3.8) is 0 Å². The monoisotopic (exact) mass is 467 g/mol. The summed E-state index contributed by atoms with van der Waals surface area (Å²) in [6.45, 7) is 0.568.